The van der Waals surface area contributed by atoms with Crippen LogP contribution in [0.3, 0.4) is 0 Å². The van der Waals surface area contributed by atoms with Crippen LogP contribution in [0.2, 0.25) is 0 Å². The summed E-state index contributed by atoms with van der Waals surface area (Å²) >= 11 is 0. The average molecular weight is 442 g/mol. The van der Waals surface area contributed by atoms with E-state index in [4.69, 9.17) is 21.1 Å². The van der Waals surface area contributed by atoms with Gasteiger partial charge in [-0.15, -0.1) is 0 Å². The fraction of sp³-hybridized carbons (Fsp3) is 0.346. The van der Waals surface area contributed by atoms with Crippen molar-refractivity contribution in [3.05, 3.63) is 76.0 Å². The predicted molar refractivity (Wildman–Crippen MR) is 120 cm³/mol. The van der Waals surface area contributed by atoms with Crippen molar-refractivity contribution in [2.24, 2.45) is 11.8 Å². The molecule has 0 unspecified atom stereocenters. The standard InChI is InChI=1S/C26H23FN4O2/c1-13-18-11-10-17-22(16-8-6-7-9-19(16)27)29-25(21-14(2)31-33-15(21)3)30-24(17)26(18,4)12-20(28-5)23(13)32/h6-9,12-13,18H,10-11H2,1-4H3/t13-,18-,26-/m1/s1. The van der Waals surface area contributed by atoms with Crippen LogP contribution in [-0.2, 0) is 16.6 Å². The predicted octanol–water partition coefficient (Wildman–Crippen LogP) is 5.40. The Kier molecular flexibility index (Phi) is 4.78. The number of aryl methyl sites for hydroxylation is 2. The highest BCUT2D eigenvalue weighted by Crippen LogP contribution is 2.51. The second-order valence-electron chi connectivity index (χ2n) is 9.12. The Bertz CT molecular complexity index is 1360. The number of aromatic nitrogens is 3. The minimum atomic E-state index is -0.655. The zero-order valence-electron chi connectivity index (χ0n) is 18.9. The van der Waals surface area contributed by atoms with Crippen molar-refractivity contribution in [2.45, 2.75) is 46.0 Å². The third-order valence-electron chi connectivity index (χ3n) is 7.21. The van der Waals surface area contributed by atoms with E-state index < -0.39 is 5.41 Å². The van der Waals surface area contributed by atoms with E-state index in [0.29, 0.717) is 40.5 Å². The monoisotopic (exact) mass is 442 g/mol. The number of halogens is 1. The van der Waals surface area contributed by atoms with Gasteiger partial charge >= 0.3 is 0 Å². The van der Waals surface area contributed by atoms with E-state index in [-0.39, 0.29) is 29.1 Å². The van der Waals surface area contributed by atoms with Crippen molar-refractivity contribution < 1.29 is 13.7 Å². The van der Waals surface area contributed by atoms with Crippen molar-refractivity contribution in [2.75, 3.05) is 0 Å². The van der Waals surface area contributed by atoms with Gasteiger partial charge in [-0.2, -0.15) is 0 Å². The third kappa shape index (κ3) is 3.05. The molecular formula is C26H23FN4O2. The molecule has 0 spiro atoms. The second kappa shape index (κ2) is 7.45. The van der Waals surface area contributed by atoms with Crippen LogP contribution in [-0.4, -0.2) is 20.9 Å². The summed E-state index contributed by atoms with van der Waals surface area (Å²) < 4.78 is 20.3. The molecule has 3 atom stereocenters. The summed E-state index contributed by atoms with van der Waals surface area (Å²) in [5.74, 6) is 0.197. The van der Waals surface area contributed by atoms with Gasteiger partial charge in [-0.1, -0.05) is 37.2 Å². The zero-order chi connectivity index (χ0) is 23.5. The van der Waals surface area contributed by atoms with Gasteiger partial charge in [0.15, 0.2) is 11.6 Å². The van der Waals surface area contributed by atoms with Gasteiger partial charge in [0.25, 0.3) is 0 Å². The van der Waals surface area contributed by atoms with E-state index in [1.54, 1.807) is 31.2 Å². The number of Topliss-reactive ketones (excluding diaryl/α,β-unsaturated/α-hetero) is 1. The van der Waals surface area contributed by atoms with E-state index in [9.17, 15) is 9.18 Å². The van der Waals surface area contributed by atoms with Gasteiger partial charge in [-0.25, -0.2) is 19.2 Å². The molecule has 0 fully saturated rings. The average Bonchev–Trinajstić information content (AvgIpc) is 3.14. The highest BCUT2D eigenvalue weighted by Gasteiger charge is 2.49. The number of hydrogen-bond acceptors (Lipinski definition) is 5. The Balaban J connectivity index is 1.86. The highest BCUT2D eigenvalue weighted by molar-refractivity contribution is 6.00. The van der Waals surface area contributed by atoms with Crippen LogP contribution in [0.1, 0.15) is 43.0 Å². The number of rotatable bonds is 2. The molecule has 2 heterocycles. The zero-order valence-corrected chi connectivity index (χ0v) is 18.9. The largest absolute Gasteiger partial charge is 0.361 e. The molecule has 3 aromatic rings. The fourth-order valence-corrected chi connectivity index (χ4v) is 5.53. The van der Waals surface area contributed by atoms with Gasteiger partial charge in [0.2, 0.25) is 5.70 Å². The topological polar surface area (TPSA) is 73.2 Å². The molecule has 0 N–H and O–H groups in total. The number of hydrogen-bond donors (Lipinski definition) is 0. The first-order valence-electron chi connectivity index (χ1n) is 11.0. The maximum absolute atomic E-state index is 14.9. The molecule has 2 aromatic heterocycles. The van der Waals surface area contributed by atoms with Crippen LogP contribution < -0.4 is 0 Å². The molecule has 6 nitrogen and oxygen atoms in total. The molecule has 0 aliphatic heterocycles. The summed E-state index contributed by atoms with van der Waals surface area (Å²) in [5, 5.41) is 4.05. The van der Waals surface area contributed by atoms with Gasteiger partial charge in [0.1, 0.15) is 11.6 Å². The van der Waals surface area contributed by atoms with Crippen molar-refractivity contribution >= 4 is 5.78 Å². The normalized spacial score (nSPS) is 24.0. The molecule has 2 aliphatic carbocycles. The smallest absolute Gasteiger partial charge is 0.226 e. The highest BCUT2D eigenvalue weighted by atomic mass is 19.1. The van der Waals surface area contributed by atoms with Crippen LogP contribution in [0.25, 0.3) is 27.5 Å². The van der Waals surface area contributed by atoms with Crippen molar-refractivity contribution in [3.63, 3.8) is 0 Å². The molecule has 0 amide bonds. The number of nitrogens with zero attached hydrogens (tertiary/aromatic N) is 4. The molecule has 7 heteroatoms. The molecule has 0 bridgehead atoms. The minimum absolute atomic E-state index is 0.0103. The lowest BCUT2D eigenvalue weighted by molar-refractivity contribution is -0.121. The molecule has 0 saturated heterocycles. The first-order chi connectivity index (χ1) is 15.8. The maximum Gasteiger partial charge on any atom is 0.226 e. The SMILES string of the molecule is [C-]#[N+]C1=C[C@@]2(C)c3nc(-c4c(C)noc4C)nc(-c4ccccc4F)c3CC[C@@H]2[C@@H](C)C1=O. The lowest BCUT2D eigenvalue weighted by atomic mass is 9.58. The van der Waals surface area contributed by atoms with Crippen molar-refractivity contribution in [1.29, 1.82) is 0 Å². The van der Waals surface area contributed by atoms with Gasteiger partial charge in [-0.05, 0) is 44.7 Å². The Morgan fingerprint density at radius 1 is 1.24 bits per heavy atom. The van der Waals surface area contributed by atoms with Gasteiger partial charge in [0.05, 0.1) is 29.2 Å². The molecule has 2 aliphatic rings. The molecular weight excluding hydrogens is 419 g/mol. The summed E-state index contributed by atoms with van der Waals surface area (Å²) in [6.07, 6.45) is 3.12. The number of allylic oxidation sites excluding steroid dienone is 2. The van der Waals surface area contributed by atoms with Gasteiger partial charge < -0.3 is 9.32 Å². The fourth-order valence-electron chi connectivity index (χ4n) is 5.53. The van der Waals surface area contributed by atoms with Crippen LogP contribution in [0, 0.1) is 38.1 Å². The quantitative estimate of drug-likeness (QED) is 0.497. The van der Waals surface area contributed by atoms with Crippen LogP contribution in [0.5, 0.6) is 0 Å². The summed E-state index contributed by atoms with van der Waals surface area (Å²) in [6, 6.07) is 6.58. The van der Waals surface area contributed by atoms with Crippen LogP contribution in [0.15, 0.2) is 40.6 Å². The summed E-state index contributed by atoms with van der Waals surface area (Å²) in [6.45, 7) is 15.1. The van der Waals surface area contributed by atoms with Gasteiger partial charge in [0, 0.05) is 22.5 Å². The summed E-state index contributed by atoms with van der Waals surface area (Å²) in [7, 11) is 0. The number of benzene rings is 1. The lowest BCUT2D eigenvalue weighted by Gasteiger charge is -2.46. The number of ketones is 1. The number of carbonyl (C=O) groups is 1. The first-order valence-corrected chi connectivity index (χ1v) is 11.0. The lowest BCUT2D eigenvalue weighted by Crippen LogP contribution is -2.46. The Morgan fingerprint density at radius 2 is 2.00 bits per heavy atom. The van der Waals surface area contributed by atoms with E-state index in [0.717, 1.165) is 17.7 Å². The summed E-state index contributed by atoms with van der Waals surface area (Å²) in [4.78, 5) is 26.1. The molecule has 0 saturated carbocycles. The Morgan fingerprint density at radius 3 is 2.67 bits per heavy atom. The number of fused-ring (bicyclic) bond motifs is 3. The van der Waals surface area contributed by atoms with Crippen molar-refractivity contribution in [1.82, 2.24) is 15.1 Å². The number of carbonyl (C=O) groups excluding carboxylic acids is 1. The molecule has 1 aromatic carbocycles. The summed E-state index contributed by atoms with van der Waals surface area (Å²) in [5.41, 5.74) is 3.34. The molecule has 5 rings (SSSR count). The Labute approximate surface area is 191 Å². The third-order valence-corrected chi connectivity index (χ3v) is 7.21. The van der Waals surface area contributed by atoms with Crippen LogP contribution in [0.4, 0.5) is 4.39 Å². The minimum Gasteiger partial charge on any atom is -0.361 e. The van der Waals surface area contributed by atoms with Gasteiger partial charge in [-0.3, -0.25) is 0 Å². The van der Waals surface area contributed by atoms with E-state index >= 15 is 0 Å². The Hall–Kier alpha value is -3.66. The maximum atomic E-state index is 14.9. The van der Waals surface area contributed by atoms with E-state index in [1.165, 1.54) is 6.07 Å². The van der Waals surface area contributed by atoms with E-state index in [2.05, 4.69) is 10.0 Å². The molecule has 166 valence electrons. The first kappa shape index (κ1) is 21.2. The van der Waals surface area contributed by atoms with Crippen molar-refractivity contribution in [3.8, 4) is 22.6 Å². The van der Waals surface area contributed by atoms with E-state index in [1.807, 2.05) is 20.8 Å². The molecule has 33 heavy (non-hydrogen) atoms. The second-order valence-corrected chi connectivity index (χ2v) is 9.12. The molecule has 0 radical (unpaired) electrons. The van der Waals surface area contributed by atoms with Crippen LogP contribution >= 0.6 is 0 Å².